The van der Waals surface area contributed by atoms with E-state index in [1.54, 1.807) is 6.26 Å². The zero-order chi connectivity index (χ0) is 18.7. The summed E-state index contributed by atoms with van der Waals surface area (Å²) in [5.41, 5.74) is 1.81. The number of hydrogen-bond donors (Lipinski definition) is 0. The highest BCUT2D eigenvalue weighted by Crippen LogP contribution is 2.26. The number of amides is 1. The molecule has 0 radical (unpaired) electrons. The number of hydrogen-bond acceptors (Lipinski definition) is 3. The summed E-state index contributed by atoms with van der Waals surface area (Å²) in [6, 6.07) is 12.0. The Morgan fingerprint density at radius 1 is 1.12 bits per heavy atom. The van der Waals surface area contributed by atoms with Crippen LogP contribution in [0.5, 0.6) is 0 Å². The topological polar surface area (TPSA) is 51.3 Å². The van der Waals surface area contributed by atoms with E-state index in [2.05, 4.69) is 27.7 Å². The van der Waals surface area contributed by atoms with Crippen molar-refractivity contribution in [2.75, 3.05) is 0 Å². The lowest BCUT2D eigenvalue weighted by Gasteiger charge is -2.34. The van der Waals surface area contributed by atoms with Crippen molar-refractivity contribution in [1.29, 1.82) is 0 Å². The van der Waals surface area contributed by atoms with Crippen molar-refractivity contribution in [3.8, 4) is 11.6 Å². The molecule has 138 valence electrons. The fraction of sp³-hybridized carbons (Fsp3) is 0.429. The molecule has 1 aromatic carbocycles. The summed E-state index contributed by atoms with van der Waals surface area (Å²) in [5.74, 6) is 1.48. The lowest BCUT2D eigenvalue weighted by Crippen LogP contribution is -2.45. The largest absolute Gasteiger partial charge is 0.461 e. The molecule has 0 saturated heterocycles. The normalized spacial score (nSPS) is 13.7. The first kappa shape index (κ1) is 18.2. The van der Waals surface area contributed by atoms with Gasteiger partial charge in [-0.1, -0.05) is 26.0 Å². The predicted octanol–water partition coefficient (Wildman–Crippen LogP) is 4.72. The van der Waals surface area contributed by atoms with Gasteiger partial charge >= 0.3 is 0 Å². The van der Waals surface area contributed by atoms with Gasteiger partial charge in [0.2, 0.25) is 5.91 Å². The number of para-hydroxylation sites is 2. The fourth-order valence-corrected chi connectivity index (χ4v) is 3.37. The molecule has 0 aliphatic carbocycles. The molecule has 26 heavy (non-hydrogen) atoms. The quantitative estimate of drug-likeness (QED) is 0.617. The van der Waals surface area contributed by atoms with Crippen molar-refractivity contribution in [3.05, 3.63) is 42.7 Å². The van der Waals surface area contributed by atoms with Crippen LogP contribution in [0.2, 0.25) is 0 Å². The third kappa shape index (κ3) is 3.39. The first-order valence-corrected chi connectivity index (χ1v) is 9.37. The van der Waals surface area contributed by atoms with E-state index >= 15 is 0 Å². The van der Waals surface area contributed by atoms with Crippen molar-refractivity contribution in [3.63, 3.8) is 0 Å². The van der Waals surface area contributed by atoms with Crippen LogP contribution in [-0.2, 0) is 11.3 Å². The van der Waals surface area contributed by atoms with Crippen molar-refractivity contribution < 1.29 is 9.21 Å². The molecular formula is C21H27N3O2. The molecule has 3 aromatic rings. The van der Waals surface area contributed by atoms with Crippen LogP contribution in [0.4, 0.5) is 0 Å². The summed E-state index contributed by atoms with van der Waals surface area (Å²) in [6.45, 7) is 8.72. The zero-order valence-electron chi connectivity index (χ0n) is 16.0. The minimum atomic E-state index is 0.115. The van der Waals surface area contributed by atoms with Gasteiger partial charge in [-0.15, -0.1) is 0 Å². The van der Waals surface area contributed by atoms with Crippen molar-refractivity contribution in [2.24, 2.45) is 0 Å². The number of benzene rings is 1. The molecule has 3 rings (SSSR count). The van der Waals surface area contributed by atoms with Crippen molar-refractivity contribution in [2.45, 2.75) is 59.2 Å². The highest BCUT2D eigenvalue weighted by atomic mass is 16.3. The van der Waals surface area contributed by atoms with Gasteiger partial charge in [-0.3, -0.25) is 4.79 Å². The van der Waals surface area contributed by atoms with E-state index in [4.69, 9.17) is 9.40 Å². The number of furan rings is 1. The Balaban J connectivity index is 2.02. The second-order valence-corrected chi connectivity index (χ2v) is 6.80. The number of imidazole rings is 1. The van der Waals surface area contributed by atoms with Gasteiger partial charge in [-0.2, -0.15) is 0 Å². The molecule has 5 heteroatoms. The molecule has 0 bridgehead atoms. The van der Waals surface area contributed by atoms with Crippen molar-refractivity contribution in [1.82, 2.24) is 14.5 Å². The highest BCUT2D eigenvalue weighted by molar-refractivity contribution is 5.84. The third-order valence-electron chi connectivity index (χ3n) is 5.11. The summed E-state index contributed by atoms with van der Waals surface area (Å²) in [7, 11) is 0. The van der Waals surface area contributed by atoms with E-state index < -0.39 is 0 Å². The number of fused-ring (bicyclic) bond motifs is 1. The van der Waals surface area contributed by atoms with E-state index in [1.807, 2.05) is 45.9 Å². The Morgan fingerprint density at radius 3 is 2.42 bits per heavy atom. The Morgan fingerprint density at radius 2 is 1.81 bits per heavy atom. The van der Waals surface area contributed by atoms with Crippen LogP contribution in [0.25, 0.3) is 22.6 Å². The van der Waals surface area contributed by atoms with Crippen LogP contribution in [0, 0.1) is 0 Å². The molecule has 5 nitrogen and oxygen atoms in total. The smallest absolute Gasteiger partial charge is 0.243 e. The number of nitrogens with zero attached hydrogens (tertiary/aromatic N) is 3. The summed E-state index contributed by atoms with van der Waals surface area (Å²) >= 11 is 0. The number of aromatic nitrogens is 2. The van der Waals surface area contributed by atoms with E-state index in [0.29, 0.717) is 11.6 Å². The maximum absolute atomic E-state index is 13.2. The Labute approximate surface area is 154 Å². The maximum atomic E-state index is 13.2. The second kappa shape index (κ2) is 7.77. The number of rotatable bonds is 7. The van der Waals surface area contributed by atoms with Gasteiger partial charge < -0.3 is 13.9 Å². The summed E-state index contributed by atoms with van der Waals surface area (Å²) in [6.07, 6.45) is 3.50. The van der Waals surface area contributed by atoms with E-state index in [1.165, 1.54) is 0 Å². The van der Waals surface area contributed by atoms with Gasteiger partial charge in [0, 0.05) is 12.1 Å². The van der Waals surface area contributed by atoms with Crippen LogP contribution in [0.1, 0.15) is 40.5 Å². The maximum Gasteiger partial charge on any atom is 0.243 e. The van der Waals surface area contributed by atoms with Crippen LogP contribution in [-0.4, -0.2) is 32.4 Å². The molecule has 2 aromatic heterocycles. The van der Waals surface area contributed by atoms with Gasteiger partial charge in [0.15, 0.2) is 11.6 Å². The molecule has 0 spiro atoms. The lowest BCUT2D eigenvalue weighted by atomic mass is 10.1. The van der Waals surface area contributed by atoms with Gasteiger partial charge in [-0.05, 0) is 51.0 Å². The second-order valence-electron chi connectivity index (χ2n) is 6.80. The molecule has 0 aliphatic rings. The Kier molecular flexibility index (Phi) is 5.45. The number of carbonyl (C=O) groups is 1. The standard InChI is InChI=1S/C21H27N3O2/c1-5-15(3)24(16(4)6-2)20(25)14-23-18-11-8-7-10-17(18)22-21(23)19-12-9-13-26-19/h7-13,15-16H,5-6,14H2,1-4H3. The van der Waals surface area contributed by atoms with E-state index in [0.717, 1.165) is 23.9 Å². The molecule has 1 amide bonds. The molecule has 0 fully saturated rings. The van der Waals surface area contributed by atoms with Crippen LogP contribution in [0.3, 0.4) is 0 Å². The molecule has 0 saturated carbocycles. The molecular weight excluding hydrogens is 326 g/mol. The van der Waals surface area contributed by atoms with Crippen LogP contribution < -0.4 is 0 Å². The molecule has 0 aliphatic heterocycles. The summed E-state index contributed by atoms with van der Waals surface area (Å²) in [5, 5.41) is 0. The predicted molar refractivity (Wildman–Crippen MR) is 104 cm³/mol. The molecule has 0 N–H and O–H groups in total. The Bertz CT molecular complexity index is 857. The van der Waals surface area contributed by atoms with Crippen LogP contribution in [0.15, 0.2) is 47.1 Å². The van der Waals surface area contributed by atoms with Gasteiger partial charge in [-0.25, -0.2) is 4.98 Å². The molecule has 2 atom stereocenters. The number of carbonyl (C=O) groups excluding carboxylic acids is 1. The Hall–Kier alpha value is -2.56. The van der Waals surface area contributed by atoms with Gasteiger partial charge in [0.1, 0.15) is 6.54 Å². The summed E-state index contributed by atoms with van der Waals surface area (Å²) < 4.78 is 7.53. The lowest BCUT2D eigenvalue weighted by molar-refractivity contribution is -0.136. The average molecular weight is 353 g/mol. The average Bonchev–Trinajstić information content (AvgIpc) is 3.29. The zero-order valence-corrected chi connectivity index (χ0v) is 16.0. The van der Waals surface area contributed by atoms with Gasteiger partial charge in [0.25, 0.3) is 0 Å². The first-order chi connectivity index (χ1) is 12.6. The molecule has 2 unspecified atom stereocenters. The van der Waals surface area contributed by atoms with Gasteiger partial charge in [0.05, 0.1) is 17.3 Å². The third-order valence-corrected chi connectivity index (χ3v) is 5.11. The summed E-state index contributed by atoms with van der Waals surface area (Å²) in [4.78, 5) is 19.9. The van der Waals surface area contributed by atoms with Crippen molar-refractivity contribution >= 4 is 16.9 Å². The first-order valence-electron chi connectivity index (χ1n) is 9.37. The minimum absolute atomic E-state index is 0.115. The fourth-order valence-electron chi connectivity index (χ4n) is 3.37. The molecule has 2 heterocycles. The van der Waals surface area contributed by atoms with E-state index in [9.17, 15) is 4.79 Å². The monoisotopic (exact) mass is 353 g/mol. The highest BCUT2D eigenvalue weighted by Gasteiger charge is 2.25. The van der Waals surface area contributed by atoms with E-state index in [-0.39, 0.29) is 24.5 Å². The van der Waals surface area contributed by atoms with Crippen LogP contribution >= 0.6 is 0 Å². The SMILES string of the molecule is CCC(C)N(C(=O)Cn1c(-c2ccco2)nc2ccccc21)C(C)CC. The minimum Gasteiger partial charge on any atom is -0.461 e.